The highest BCUT2D eigenvalue weighted by molar-refractivity contribution is 7.80. The molecule has 1 aromatic rings. The summed E-state index contributed by atoms with van der Waals surface area (Å²) >= 11 is 5.46. The second kappa shape index (κ2) is 7.78. The summed E-state index contributed by atoms with van der Waals surface area (Å²) in [7, 11) is 0. The van der Waals surface area contributed by atoms with Gasteiger partial charge in [-0.05, 0) is 87.1 Å². The Kier molecular flexibility index (Phi) is 5.40. The van der Waals surface area contributed by atoms with Gasteiger partial charge >= 0.3 is 0 Å². The first-order valence-corrected chi connectivity index (χ1v) is 10.8. The number of ether oxygens (including phenoxy) is 1. The normalized spacial score (nSPS) is 30.8. The second-order valence-electron chi connectivity index (χ2n) is 8.80. The van der Waals surface area contributed by atoms with Crippen LogP contribution in [0, 0.1) is 23.2 Å². The van der Waals surface area contributed by atoms with E-state index < -0.39 is 0 Å². The van der Waals surface area contributed by atoms with Crippen molar-refractivity contribution in [3.05, 3.63) is 24.3 Å². The third-order valence-electron chi connectivity index (χ3n) is 6.64. The van der Waals surface area contributed by atoms with Gasteiger partial charge in [-0.15, -0.1) is 0 Å². The Hall–Kier alpha value is -1.62. The zero-order valence-electron chi connectivity index (χ0n) is 16.1. The lowest BCUT2D eigenvalue weighted by Crippen LogP contribution is -2.55. The molecule has 5 rings (SSSR count). The van der Waals surface area contributed by atoms with Crippen LogP contribution in [0.3, 0.4) is 0 Å². The molecule has 4 saturated carbocycles. The van der Waals surface area contributed by atoms with E-state index in [1.54, 1.807) is 0 Å². The van der Waals surface area contributed by atoms with Gasteiger partial charge in [-0.25, -0.2) is 0 Å². The summed E-state index contributed by atoms with van der Waals surface area (Å²) in [6, 6.07) is 7.76. The van der Waals surface area contributed by atoms with Gasteiger partial charge in [0.1, 0.15) is 5.75 Å². The molecule has 5 heteroatoms. The van der Waals surface area contributed by atoms with Gasteiger partial charge in [-0.2, -0.15) is 0 Å². The molecule has 0 radical (unpaired) electrons. The second-order valence-corrected chi connectivity index (χ2v) is 9.21. The van der Waals surface area contributed by atoms with E-state index in [4.69, 9.17) is 17.0 Å². The van der Waals surface area contributed by atoms with Crippen molar-refractivity contribution in [1.29, 1.82) is 0 Å². The molecular formula is C22H30N2O2S. The van der Waals surface area contributed by atoms with E-state index in [2.05, 4.69) is 17.6 Å². The zero-order valence-corrected chi connectivity index (χ0v) is 16.9. The summed E-state index contributed by atoms with van der Waals surface area (Å²) < 4.78 is 5.85. The molecule has 146 valence electrons. The quantitative estimate of drug-likeness (QED) is 0.540. The van der Waals surface area contributed by atoms with E-state index >= 15 is 0 Å². The van der Waals surface area contributed by atoms with Crippen molar-refractivity contribution in [2.45, 2.75) is 58.3 Å². The fourth-order valence-electron chi connectivity index (χ4n) is 5.80. The Bertz CT molecular complexity index is 683. The monoisotopic (exact) mass is 386 g/mol. The molecule has 2 N–H and O–H groups in total. The number of amides is 1. The summed E-state index contributed by atoms with van der Waals surface area (Å²) in [6.07, 6.45) is 9.24. The predicted octanol–water partition coefficient (Wildman–Crippen LogP) is 4.89. The first-order valence-electron chi connectivity index (χ1n) is 10.4. The Balaban J connectivity index is 1.38. The van der Waals surface area contributed by atoms with Crippen LogP contribution in [0.1, 0.15) is 58.3 Å². The van der Waals surface area contributed by atoms with Crippen molar-refractivity contribution < 1.29 is 9.53 Å². The first kappa shape index (κ1) is 18.7. The van der Waals surface area contributed by atoms with Crippen LogP contribution in [0.2, 0.25) is 0 Å². The van der Waals surface area contributed by atoms with E-state index in [9.17, 15) is 4.79 Å². The number of benzene rings is 1. The van der Waals surface area contributed by atoms with Crippen LogP contribution in [0.25, 0.3) is 0 Å². The molecule has 27 heavy (non-hydrogen) atoms. The van der Waals surface area contributed by atoms with Crippen molar-refractivity contribution in [1.82, 2.24) is 5.32 Å². The van der Waals surface area contributed by atoms with E-state index in [1.807, 2.05) is 24.3 Å². The molecular weight excluding hydrogens is 356 g/mol. The molecule has 1 amide bonds. The fraction of sp³-hybridized carbons (Fsp3) is 0.636. The number of anilines is 1. The maximum atomic E-state index is 13.1. The van der Waals surface area contributed by atoms with Crippen LogP contribution < -0.4 is 15.4 Å². The molecule has 0 aromatic heterocycles. The van der Waals surface area contributed by atoms with Crippen LogP contribution in [0.15, 0.2) is 24.3 Å². The Morgan fingerprint density at radius 3 is 2.41 bits per heavy atom. The van der Waals surface area contributed by atoms with Crippen LogP contribution in [0.5, 0.6) is 5.75 Å². The van der Waals surface area contributed by atoms with E-state index in [0.29, 0.717) is 11.7 Å². The number of nitrogens with one attached hydrogen (secondary N) is 2. The SMILES string of the molecule is CCCCOc1ccccc1NC(=S)NC(=O)C12CC3CC(CC(C3)C1)C2. The number of thiocarbonyl (C=S) groups is 1. The molecule has 4 bridgehead atoms. The highest BCUT2D eigenvalue weighted by Gasteiger charge is 2.54. The maximum Gasteiger partial charge on any atom is 0.232 e. The third kappa shape index (κ3) is 3.98. The Morgan fingerprint density at radius 1 is 1.15 bits per heavy atom. The minimum atomic E-state index is -0.183. The van der Waals surface area contributed by atoms with E-state index in [0.717, 1.165) is 61.3 Å². The molecule has 0 unspecified atom stereocenters. The summed E-state index contributed by atoms with van der Waals surface area (Å²) in [4.78, 5) is 13.1. The summed E-state index contributed by atoms with van der Waals surface area (Å²) in [5.41, 5.74) is 0.627. The Morgan fingerprint density at radius 2 is 1.78 bits per heavy atom. The van der Waals surface area contributed by atoms with Gasteiger partial charge < -0.3 is 15.4 Å². The number of carbonyl (C=O) groups is 1. The van der Waals surface area contributed by atoms with Crippen molar-refractivity contribution in [3.8, 4) is 5.75 Å². The lowest BCUT2D eigenvalue weighted by Gasteiger charge is -2.55. The van der Waals surface area contributed by atoms with Crippen molar-refractivity contribution in [2.75, 3.05) is 11.9 Å². The molecule has 4 aliphatic rings. The van der Waals surface area contributed by atoms with Crippen LogP contribution in [-0.4, -0.2) is 17.6 Å². The number of carbonyl (C=O) groups excluding carboxylic acids is 1. The van der Waals surface area contributed by atoms with Gasteiger partial charge in [-0.3, -0.25) is 4.79 Å². The number of hydrogen-bond donors (Lipinski definition) is 2. The minimum Gasteiger partial charge on any atom is -0.491 e. The van der Waals surface area contributed by atoms with Crippen molar-refractivity contribution in [3.63, 3.8) is 0 Å². The smallest absolute Gasteiger partial charge is 0.232 e. The third-order valence-corrected chi connectivity index (χ3v) is 6.84. The van der Waals surface area contributed by atoms with Gasteiger partial charge in [0.15, 0.2) is 5.11 Å². The van der Waals surface area contributed by atoms with Crippen molar-refractivity contribution >= 4 is 28.9 Å². The van der Waals surface area contributed by atoms with Crippen molar-refractivity contribution in [2.24, 2.45) is 23.2 Å². The fourth-order valence-corrected chi connectivity index (χ4v) is 6.00. The van der Waals surface area contributed by atoms with Crippen LogP contribution in [-0.2, 0) is 4.79 Å². The van der Waals surface area contributed by atoms with E-state index in [-0.39, 0.29) is 11.3 Å². The molecule has 4 aliphatic carbocycles. The van der Waals surface area contributed by atoms with Gasteiger partial charge in [-0.1, -0.05) is 25.5 Å². The molecule has 4 fully saturated rings. The van der Waals surface area contributed by atoms with Gasteiger partial charge in [0.2, 0.25) is 5.91 Å². The van der Waals surface area contributed by atoms with E-state index in [1.165, 1.54) is 19.3 Å². The number of hydrogen-bond acceptors (Lipinski definition) is 3. The zero-order chi connectivity index (χ0) is 18.9. The standard InChI is InChI=1S/C22H30N2O2S/c1-2-3-8-26-19-7-5-4-6-18(19)23-21(27)24-20(25)22-12-15-9-16(13-22)11-17(10-15)14-22/h4-7,15-17H,2-3,8-14H2,1H3,(H2,23,24,25,27). The molecule has 0 spiro atoms. The number of rotatable bonds is 6. The highest BCUT2D eigenvalue weighted by atomic mass is 32.1. The van der Waals surface area contributed by atoms with Gasteiger partial charge in [0.25, 0.3) is 0 Å². The molecule has 1 aromatic carbocycles. The average molecular weight is 387 g/mol. The first-order chi connectivity index (χ1) is 13.1. The van der Waals surface area contributed by atoms with Gasteiger partial charge in [0.05, 0.1) is 17.7 Å². The average Bonchev–Trinajstić information content (AvgIpc) is 2.62. The molecule has 4 nitrogen and oxygen atoms in total. The summed E-state index contributed by atoms with van der Waals surface area (Å²) in [5.74, 6) is 3.14. The minimum absolute atomic E-state index is 0.128. The number of unbranched alkanes of at least 4 members (excludes halogenated alkanes) is 1. The Labute approximate surface area is 167 Å². The molecule has 0 aliphatic heterocycles. The molecule has 0 atom stereocenters. The predicted molar refractivity (Wildman–Crippen MR) is 112 cm³/mol. The lowest BCUT2D eigenvalue weighted by molar-refractivity contribution is -0.144. The maximum absolute atomic E-state index is 13.1. The molecule has 0 saturated heterocycles. The lowest BCUT2D eigenvalue weighted by atomic mass is 9.49. The number of para-hydroxylation sites is 2. The molecule has 0 heterocycles. The van der Waals surface area contributed by atoms with Gasteiger partial charge in [0, 0.05) is 0 Å². The topological polar surface area (TPSA) is 50.4 Å². The summed E-state index contributed by atoms with van der Waals surface area (Å²) in [6.45, 7) is 2.82. The largest absolute Gasteiger partial charge is 0.491 e. The van der Waals surface area contributed by atoms with Crippen LogP contribution >= 0.6 is 12.2 Å². The van der Waals surface area contributed by atoms with Crippen LogP contribution in [0.4, 0.5) is 5.69 Å². The summed E-state index contributed by atoms with van der Waals surface area (Å²) in [5, 5.41) is 6.56. The highest BCUT2D eigenvalue weighted by Crippen LogP contribution is 2.60.